The van der Waals surface area contributed by atoms with Gasteiger partial charge in [0.15, 0.2) is 5.56 Å². The zero-order valence-corrected chi connectivity index (χ0v) is 6.02. The molecule has 0 amide bonds. The summed E-state index contributed by atoms with van der Waals surface area (Å²) in [5, 5.41) is 0. The number of cyclic esters (lactones) is 1. The SMILES string of the molecule is CCC1CC(Cl)OC1=O. The molecule has 1 heterocycles. The summed E-state index contributed by atoms with van der Waals surface area (Å²) in [6.45, 7) is 1.96. The first kappa shape index (κ1) is 6.87. The van der Waals surface area contributed by atoms with Crippen molar-refractivity contribution >= 4 is 17.6 Å². The van der Waals surface area contributed by atoms with Crippen LogP contribution in [0.15, 0.2) is 0 Å². The number of hydrogen-bond acceptors (Lipinski definition) is 2. The fraction of sp³-hybridized carbons (Fsp3) is 0.833. The van der Waals surface area contributed by atoms with Crippen LogP contribution in [0, 0.1) is 5.92 Å². The van der Waals surface area contributed by atoms with Crippen molar-refractivity contribution in [3.63, 3.8) is 0 Å². The van der Waals surface area contributed by atoms with Gasteiger partial charge in [0.05, 0.1) is 5.92 Å². The summed E-state index contributed by atoms with van der Waals surface area (Å²) in [6, 6.07) is 0. The summed E-state index contributed by atoms with van der Waals surface area (Å²) in [6.07, 6.45) is 1.51. The third kappa shape index (κ3) is 1.36. The first-order valence-electron chi connectivity index (χ1n) is 3.08. The molecule has 52 valence electrons. The molecule has 0 bridgehead atoms. The number of hydrogen-bond donors (Lipinski definition) is 0. The minimum Gasteiger partial charge on any atom is -0.446 e. The molecule has 0 aromatic heterocycles. The highest BCUT2D eigenvalue weighted by Crippen LogP contribution is 2.25. The Morgan fingerprint density at radius 3 is 2.78 bits per heavy atom. The van der Waals surface area contributed by atoms with Gasteiger partial charge >= 0.3 is 5.97 Å². The van der Waals surface area contributed by atoms with E-state index < -0.39 is 0 Å². The normalized spacial score (nSPS) is 34.7. The molecule has 1 rings (SSSR count). The van der Waals surface area contributed by atoms with Gasteiger partial charge in [-0.05, 0) is 6.42 Å². The van der Waals surface area contributed by atoms with E-state index in [2.05, 4.69) is 0 Å². The maximum absolute atomic E-state index is 10.7. The van der Waals surface area contributed by atoms with E-state index in [9.17, 15) is 4.79 Å². The van der Waals surface area contributed by atoms with Gasteiger partial charge in [0, 0.05) is 6.42 Å². The third-order valence-electron chi connectivity index (χ3n) is 1.54. The fourth-order valence-electron chi connectivity index (χ4n) is 0.924. The van der Waals surface area contributed by atoms with E-state index in [1.807, 2.05) is 6.92 Å². The van der Waals surface area contributed by atoms with Gasteiger partial charge in [-0.3, -0.25) is 4.79 Å². The molecule has 1 fully saturated rings. The van der Waals surface area contributed by atoms with Crippen molar-refractivity contribution in [1.82, 2.24) is 0 Å². The lowest BCUT2D eigenvalue weighted by atomic mass is 10.1. The minimum atomic E-state index is -0.373. The summed E-state index contributed by atoms with van der Waals surface area (Å²) in [7, 11) is 0. The number of halogens is 1. The molecule has 2 nitrogen and oxygen atoms in total. The number of ether oxygens (including phenoxy) is 1. The number of esters is 1. The fourth-order valence-corrected chi connectivity index (χ4v) is 1.23. The van der Waals surface area contributed by atoms with E-state index in [0.29, 0.717) is 6.42 Å². The molecule has 3 heteroatoms. The van der Waals surface area contributed by atoms with Gasteiger partial charge in [0.2, 0.25) is 0 Å². The van der Waals surface area contributed by atoms with E-state index in [-0.39, 0.29) is 17.5 Å². The molecule has 0 radical (unpaired) electrons. The monoisotopic (exact) mass is 148 g/mol. The van der Waals surface area contributed by atoms with Gasteiger partial charge in [-0.1, -0.05) is 18.5 Å². The van der Waals surface area contributed by atoms with Gasteiger partial charge in [-0.15, -0.1) is 0 Å². The van der Waals surface area contributed by atoms with E-state index in [4.69, 9.17) is 16.3 Å². The Morgan fingerprint density at radius 2 is 2.56 bits per heavy atom. The molecule has 0 aromatic carbocycles. The Morgan fingerprint density at radius 1 is 1.89 bits per heavy atom. The standard InChI is InChI=1S/C6H9ClO2/c1-2-4-3-5(7)9-6(4)8/h4-5H,2-3H2,1H3. The Hall–Kier alpha value is -0.240. The van der Waals surface area contributed by atoms with Gasteiger partial charge in [0.25, 0.3) is 0 Å². The van der Waals surface area contributed by atoms with Gasteiger partial charge in [-0.2, -0.15) is 0 Å². The van der Waals surface area contributed by atoms with Crippen LogP contribution in [-0.2, 0) is 9.53 Å². The zero-order chi connectivity index (χ0) is 6.85. The third-order valence-corrected chi connectivity index (χ3v) is 1.81. The molecule has 9 heavy (non-hydrogen) atoms. The maximum Gasteiger partial charge on any atom is 0.310 e. The highest BCUT2D eigenvalue weighted by molar-refractivity contribution is 6.20. The number of carbonyl (C=O) groups is 1. The first-order chi connectivity index (χ1) is 4.24. The molecule has 0 aliphatic carbocycles. The van der Waals surface area contributed by atoms with Crippen molar-refractivity contribution in [2.75, 3.05) is 0 Å². The van der Waals surface area contributed by atoms with E-state index in [0.717, 1.165) is 6.42 Å². The van der Waals surface area contributed by atoms with E-state index in [1.165, 1.54) is 0 Å². The average Bonchev–Trinajstić information content (AvgIpc) is 2.10. The lowest BCUT2D eigenvalue weighted by Crippen LogP contribution is -2.04. The van der Waals surface area contributed by atoms with Crippen molar-refractivity contribution < 1.29 is 9.53 Å². The molecule has 2 atom stereocenters. The molecule has 0 N–H and O–H groups in total. The van der Waals surface area contributed by atoms with Crippen LogP contribution in [0.4, 0.5) is 0 Å². The summed E-state index contributed by atoms with van der Waals surface area (Å²) in [5.41, 5.74) is -0.373. The van der Waals surface area contributed by atoms with Crippen LogP contribution < -0.4 is 0 Å². The molecule has 0 saturated carbocycles. The second-order valence-electron chi connectivity index (χ2n) is 2.19. The minimum absolute atomic E-state index is 0.0486. The predicted molar refractivity (Wildman–Crippen MR) is 34.1 cm³/mol. The molecule has 0 spiro atoms. The molecule has 1 saturated heterocycles. The summed E-state index contributed by atoms with van der Waals surface area (Å²) in [4.78, 5) is 10.7. The maximum atomic E-state index is 10.7. The van der Waals surface area contributed by atoms with Gasteiger partial charge in [-0.25, -0.2) is 0 Å². The molecular weight excluding hydrogens is 140 g/mol. The first-order valence-corrected chi connectivity index (χ1v) is 3.52. The number of alkyl halides is 1. The predicted octanol–water partition coefficient (Wildman–Crippen LogP) is 1.52. The largest absolute Gasteiger partial charge is 0.446 e. The topological polar surface area (TPSA) is 26.3 Å². The average molecular weight is 149 g/mol. The van der Waals surface area contributed by atoms with Crippen molar-refractivity contribution in [2.24, 2.45) is 5.92 Å². The number of rotatable bonds is 1. The van der Waals surface area contributed by atoms with Crippen molar-refractivity contribution in [3.05, 3.63) is 0 Å². The van der Waals surface area contributed by atoms with Crippen LogP contribution in [0.1, 0.15) is 19.8 Å². The van der Waals surface area contributed by atoms with Crippen molar-refractivity contribution in [3.8, 4) is 0 Å². The highest BCUT2D eigenvalue weighted by atomic mass is 35.5. The smallest absolute Gasteiger partial charge is 0.310 e. The lowest BCUT2D eigenvalue weighted by molar-refractivity contribution is -0.142. The lowest BCUT2D eigenvalue weighted by Gasteiger charge is -1.95. The number of carbonyl (C=O) groups excluding carboxylic acids is 1. The van der Waals surface area contributed by atoms with Crippen molar-refractivity contribution in [1.29, 1.82) is 0 Å². The quantitative estimate of drug-likeness (QED) is 0.416. The van der Waals surface area contributed by atoms with Crippen molar-refractivity contribution in [2.45, 2.75) is 25.3 Å². The molecule has 1 aliphatic rings. The van der Waals surface area contributed by atoms with Crippen LogP contribution in [-0.4, -0.2) is 11.5 Å². The second kappa shape index (κ2) is 2.56. The van der Waals surface area contributed by atoms with Crippen LogP contribution in [0.25, 0.3) is 0 Å². The summed E-state index contributed by atoms with van der Waals surface area (Å²) >= 11 is 5.54. The molecule has 2 unspecified atom stereocenters. The van der Waals surface area contributed by atoms with Crippen LogP contribution in [0.5, 0.6) is 0 Å². The second-order valence-corrected chi connectivity index (χ2v) is 2.67. The van der Waals surface area contributed by atoms with E-state index >= 15 is 0 Å². The van der Waals surface area contributed by atoms with Gasteiger partial charge in [0.1, 0.15) is 0 Å². The van der Waals surface area contributed by atoms with Crippen LogP contribution >= 0.6 is 11.6 Å². The Balaban J connectivity index is 2.48. The van der Waals surface area contributed by atoms with Crippen LogP contribution in [0.3, 0.4) is 0 Å². The molecule has 0 aromatic rings. The Labute approximate surface area is 59.1 Å². The molecular formula is C6H9ClO2. The van der Waals surface area contributed by atoms with Crippen LogP contribution in [0.2, 0.25) is 0 Å². The van der Waals surface area contributed by atoms with Gasteiger partial charge < -0.3 is 4.74 Å². The Kier molecular flexibility index (Phi) is 1.96. The highest BCUT2D eigenvalue weighted by Gasteiger charge is 2.31. The van der Waals surface area contributed by atoms with E-state index in [1.54, 1.807) is 0 Å². The molecule has 1 aliphatic heterocycles. The zero-order valence-electron chi connectivity index (χ0n) is 5.26. The Bertz CT molecular complexity index is 124. The summed E-state index contributed by atoms with van der Waals surface area (Å²) < 4.78 is 4.69. The summed E-state index contributed by atoms with van der Waals surface area (Å²) in [5.74, 6) is -0.0926.